The van der Waals surface area contributed by atoms with Crippen molar-refractivity contribution in [2.45, 2.75) is 17.9 Å². The van der Waals surface area contributed by atoms with Gasteiger partial charge in [-0.25, -0.2) is 12.7 Å². The van der Waals surface area contributed by atoms with Gasteiger partial charge in [-0.15, -0.1) is 0 Å². The largest absolute Gasteiger partial charge is 0.359 e. The lowest BCUT2D eigenvalue weighted by Crippen LogP contribution is -2.45. The fraction of sp³-hybridized carbons (Fsp3) is 0.107. The lowest BCUT2D eigenvalue weighted by Gasteiger charge is -2.33. The summed E-state index contributed by atoms with van der Waals surface area (Å²) in [6.07, 6.45) is 0. The molecule has 0 N–H and O–H groups in total. The van der Waals surface area contributed by atoms with Crippen LogP contribution in [0.4, 0.5) is 11.4 Å². The number of para-hydroxylation sites is 2. The van der Waals surface area contributed by atoms with E-state index in [2.05, 4.69) is 0 Å². The number of carbonyl (C=O) groups excluding carboxylic acids is 1. The Kier molecular flexibility index (Phi) is 6.80. The highest BCUT2D eigenvalue weighted by molar-refractivity contribution is 7.93. The first kappa shape index (κ1) is 23.3. The normalized spacial score (nSPS) is 12.1. The van der Waals surface area contributed by atoms with Crippen LogP contribution in [0.15, 0.2) is 120 Å². The number of sulfonamides is 1. The van der Waals surface area contributed by atoms with Crippen molar-refractivity contribution < 1.29 is 13.2 Å². The van der Waals surface area contributed by atoms with E-state index in [1.807, 2.05) is 67.6 Å². The molecule has 0 aliphatic heterocycles. The third-order valence-corrected chi connectivity index (χ3v) is 7.39. The van der Waals surface area contributed by atoms with Crippen LogP contribution in [0, 0.1) is 6.92 Å². The number of carbonyl (C=O) groups is 1. The monoisotopic (exact) mass is 470 g/mol. The summed E-state index contributed by atoms with van der Waals surface area (Å²) in [4.78, 5) is 16.1. The quantitative estimate of drug-likeness (QED) is 0.353. The van der Waals surface area contributed by atoms with Crippen molar-refractivity contribution >= 4 is 27.3 Å². The van der Waals surface area contributed by atoms with E-state index < -0.39 is 22.0 Å². The molecule has 6 heteroatoms. The molecule has 1 unspecified atom stereocenters. The van der Waals surface area contributed by atoms with Crippen LogP contribution in [-0.4, -0.2) is 21.4 Å². The molecule has 0 saturated heterocycles. The maximum atomic E-state index is 14.3. The fourth-order valence-corrected chi connectivity index (χ4v) is 5.28. The van der Waals surface area contributed by atoms with Gasteiger partial charge in [0.25, 0.3) is 15.9 Å². The standard InChI is InChI=1S/C28H26N2O3S/c1-22-18-20-26(21-19-22)34(32,33)30(25-16-10-5-11-17-25)28(31)27(23-12-6-3-7-13-23)29(2)24-14-8-4-9-15-24/h3-21,27H,1-2H3. The van der Waals surface area contributed by atoms with Crippen molar-refractivity contribution in [3.63, 3.8) is 0 Å². The number of hydrogen-bond donors (Lipinski definition) is 0. The first-order valence-corrected chi connectivity index (χ1v) is 12.4. The average molecular weight is 471 g/mol. The number of hydrogen-bond acceptors (Lipinski definition) is 4. The Morgan fingerprint density at radius 2 is 1.15 bits per heavy atom. The molecule has 1 amide bonds. The minimum atomic E-state index is -4.18. The molecule has 4 aromatic carbocycles. The molecule has 0 heterocycles. The Morgan fingerprint density at radius 1 is 0.676 bits per heavy atom. The summed E-state index contributed by atoms with van der Waals surface area (Å²) in [7, 11) is -2.38. The average Bonchev–Trinajstić information content (AvgIpc) is 2.86. The van der Waals surface area contributed by atoms with Crippen LogP contribution in [-0.2, 0) is 14.8 Å². The van der Waals surface area contributed by atoms with Crippen LogP contribution in [0.5, 0.6) is 0 Å². The van der Waals surface area contributed by atoms with Gasteiger partial charge in [0.05, 0.1) is 10.6 Å². The van der Waals surface area contributed by atoms with Crippen molar-refractivity contribution in [1.82, 2.24) is 0 Å². The van der Waals surface area contributed by atoms with Crippen LogP contribution in [0.2, 0.25) is 0 Å². The predicted molar refractivity (Wildman–Crippen MR) is 136 cm³/mol. The van der Waals surface area contributed by atoms with Crippen molar-refractivity contribution in [3.05, 3.63) is 126 Å². The maximum Gasteiger partial charge on any atom is 0.270 e. The predicted octanol–water partition coefficient (Wildman–Crippen LogP) is 5.59. The Morgan fingerprint density at radius 3 is 1.68 bits per heavy atom. The second-order valence-electron chi connectivity index (χ2n) is 8.02. The van der Waals surface area contributed by atoms with Gasteiger partial charge in [-0.05, 0) is 48.9 Å². The minimum absolute atomic E-state index is 0.0597. The second kappa shape index (κ2) is 9.93. The number of anilines is 2. The van der Waals surface area contributed by atoms with E-state index in [0.717, 1.165) is 15.6 Å². The molecule has 0 aliphatic carbocycles. The van der Waals surface area contributed by atoms with E-state index in [-0.39, 0.29) is 10.6 Å². The first-order chi connectivity index (χ1) is 16.4. The number of benzene rings is 4. The number of nitrogens with zero attached hydrogens (tertiary/aromatic N) is 2. The Labute approximate surface area is 201 Å². The number of amides is 1. The summed E-state index contributed by atoms with van der Waals surface area (Å²) in [6, 6.07) is 32.8. The van der Waals surface area contributed by atoms with Gasteiger partial charge in [-0.1, -0.05) is 84.4 Å². The Hall–Kier alpha value is -3.90. The van der Waals surface area contributed by atoms with Crippen molar-refractivity contribution in [1.29, 1.82) is 0 Å². The zero-order chi connectivity index (χ0) is 24.1. The number of rotatable bonds is 7. The van der Waals surface area contributed by atoms with Crippen LogP contribution in [0.25, 0.3) is 0 Å². The molecule has 4 aromatic rings. The first-order valence-electron chi connectivity index (χ1n) is 10.9. The Bertz CT molecular complexity index is 1340. The molecule has 5 nitrogen and oxygen atoms in total. The molecule has 0 saturated carbocycles. The summed E-state index contributed by atoms with van der Waals surface area (Å²) >= 11 is 0. The summed E-state index contributed by atoms with van der Waals surface area (Å²) in [6.45, 7) is 1.89. The molecule has 0 radical (unpaired) electrons. The van der Waals surface area contributed by atoms with Crippen molar-refractivity contribution in [2.24, 2.45) is 0 Å². The van der Waals surface area contributed by atoms with Gasteiger partial charge in [0.2, 0.25) is 0 Å². The van der Waals surface area contributed by atoms with Gasteiger partial charge in [0.15, 0.2) is 0 Å². The summed E-state index contributed by atoms with van der Waals surface area (Å²) in [5.74, 6) is -0.565. The molecule has 34 heavy (non-hydrogen) atoms. The van der Waals surface area contributed by atoms with E-state index in [1.54, 1.807) is 54.4 Å². The van der Waals surface area contributed by atoms with E-state index >= 15 is 0 Å². The smallest absolute Gasteiger partial charge is 0.270 e. The van der Waals surface area contributed by atoms with Crippen molar-refractivity contribution in [2.75, 3.05) is 16.3 Å². The van der Waals surface area contributed by atoms with E-state index in [1.165, 1.54) is 12.1 Å². The zero-order valence-corrected chi connectivity index (χ0v) is 19.9. The molecule has 172 valence electrons. The molecular weight excluding hydrogens is 444 g/mol. The molecule has 4 rings (SSSR count). The molecule has 1 atom stereocenters. The lowest BCUT2D eigenvalue weighted by molar-refractivity contribution is -0.118. The topological polar surface area (TPSA) is 57.7 Å². The summed E-state index contributed by atoms with van der Waals surface area (Å²) in [5.41, 5.74) is 2.71. The maximum absolute atomic E-state index is 14.3. The molecule has 0 bridgehead atoms. The third-order valence-electron chi connectivity index (χ3n) is 5.65. The number of likely N-dealkylation sites (N-methyl/N-ethyl adjacent to an activating group) is 1. The lowest BCUT2D eigenvalue weighted by atomic mass is 10.0. The Balaban J connectivity index is 1.88. The second-order valence-corrected chi connectivity index (χ2v) is 9.80. The fourth-order valence-electron chi connectivity index (χ4n) is 3.85. The zero-order valence-electron chi connectivity index (χ0n) is 19.1. The highest BCUT2D eigenvalue weighted by atomic mass is 32.2. The summed E-state index contributed by atoms with van der Waals surface area (Å²) < 4.78 is 28.7. The van der Waals surface area contributed by atoms with Gasteiger partial charge in [0, 0.05) is 12.7 Å². The van der Waals surface area contributed by atoms with Gasteiger partial charge in [0.1, 0.15) is 6.04 Å². The molecule has 0 fully saturated rings. The van der Waals surface area contributed by atoms with Gasteiger partial charge in [-0.3, -0.25) is 4.79 Å². The van der Waals surface area contributed by atoms with Gasteiger partial charge >= 0.3 is 0 Å². The highest BCUT2D eigenvalue weighted by Crippen LogP contribution is 2.32. The van der Waals surface area contributed by atoms with Crippen LogP contribution in [0.1, 0.15) is 17.2 Å². The van der Waals surface area contributed by atoms with Gasteiger partial charge < -0.3 is 4.90 Å². The van der Waals surface area contributed by atoms with Crippen LogP contribution in [0.3, 0.4) is 0 Å². The molecule has 0 aliphatic rings. The van der Waals surface area contributed by atoms with E-state index in [4.69, 9.17) is 0 Å². The van der Waals surface area contributed by atoms with Crippen molar-refractivity contribution in [3.8, 4) is 0 Å². The number of aryl methyl sites for hydroxylation is 1. The SMILES string of the molecule is Cc1ccc(S(=O)(=O)N(C(=O)C(c2ccccc2)N(C)c2ccccc2)c2ccccc2)cc1. The highest BCUT2D eigenvalue weighted by Gasteiger charge is 2.38. The molecule has 0 aromatic heterocycles. The minimum Gasteiger partial charge on any atom is -0.359 e. The molecule has 0 spiro atoms. The van der Waals surface area contributed by atoms with Gasteiger partial charge in [-0.2, -0.15) is 0 Å². The van der Waals surface area contributed by atoms with E-state index in [9.17, 15) is 13.2 Å². The molecular formula is C28H26N2O3S. The third kappa shape index (κ3) is 4.72. The van der Waals surface area contributed by atoms with Crippen LogP contribution >= 0.6 is 0 Å². The summed E-state index contributed by atoms with van der Waals surface area (Å²) in [5, 5.41) is 0. The van der Waals surface area contributed by atoms with E-state index in [0.29, 0.717) is 5.56 Å². The van der Waals surface area contributed by atoms with Crippen LogP contribution < -0.4 is 9.21 Å².